The lowest BCUT2D eigenvalue weighted by Gasteiger charge is -2.22. The molecule has 1 aliphatic rings. The Balaban J connectivity index is 1.58. The minimum absolute atomic E-state index is 0.0555. The van der Waals surface area contributed by atoms with Crippen molar-refractivity contribution in [1.82, 2.24) is 9.47 Å². The van der Waals surface area contributed by atoms with Crippen LogP contribution in [0.2, 0.25) is 0 Å². The lowest BCUT2D eigenvalue weighted by Crippen LogP contribution is -2.40. The Morgan fingerprint density at radius 2 is 1.92 bits per heavy atom. The number of amides is 1. The first kappa shape index (κ1) is 18.0. The molecule has 1 aromatic heterocycles. The predicted molar refractivity (Wildman–Crippen MR) is 98.6 cm³/mol. The summed E-state index contributed by atoms with van der Waals surface area (Å²) in [5.41, 5.74) is 0.735. The first-order valence-electron chi connectivity index (χ1n) is 8.79. The maximum atomic E-state index is 12.6. The monoisotopic (exact) mass is 356 g/mol. The summed E-state index contributed by atoms with van der Waals surface area (Å²) in [6.45, 7) is 4.74. The highest BCUT2D eigenvalue weighted by atomic mass is 16.5. The van der Waals surface area contributed by atoms with Gasteiger partial charge in [-0.25, -0.2) is 0 Å². The highest BCUT2D eigenvalue weighted by molar-refractivity contribution is 5.81. The maximum Gasteiger partial charge on any atom is 0.263 e. The Hall–Kier alpha value is -2.76. The van der Waals surface area contributed by atoms with E-state index in [2.05, 4.69) is 0 Å². The quantitative estimate of drug-likeness (QED) is 0.824. The van der Waals surface area contributed by atoms with E-state index in [1.54, 1.807) is 23.4 Å². The van der Waals surface area contributed by atoms with Gasteiger partial charge >= 0.3 is 0 Å². The molecule has 0 N–H and O–H groups in total. The summed E-state index contributed by atoms with van der Waals surface area (Å²) in [4.78, 5) is 26.2. The molecule has 0 radical (unpaired) electrons. The summed E-state index contributed by atoms with van der Waals surface area (Å²) in [6.07, 6.45) is 0.0645. The van der Waals surface area contributed by atoms with E-state index >= 15 is 0 Å². The van der Waals surface area contributed by atoms with Crippen LogP contribution in [0.25, 0.3) is 0 Å². The molecule has 0 bridgehead atoms. The van der Waals surface area contributed by atoms with E-state index in [4.69, 9.17) is 9.47 Å². The smallest absolute Gasteiger partial charge is 0.263 e. The van der Waals surface area contributed by atoms with Gasteiger partial charge in [0.05, 0.1) is 6.54 Å². The molecule has 1 aliphatic heterocycles. The van der Waals surface area contributed by atoms with Crippen LogP contribution in [-0.2, 0) is 11.8 Å². The summed E-state index contributed by atoms with van der Waals surface area (Å²) in [5, 5.41) is 0. The topological polar surface area (TPSA) is 60.8 Å². The maximum absolute atomic E-state index is 12.6. The molecule has 2 unspecified atom stereocenters. The van der Waals surface area contributed by atoms with Crippen LogP contribution in [0.4, 0.5) is 0 Å². The van der Waals surface area contributed by atoms with Crippen LogP contribution in [0.15, 0.2) is 47.3 Å². The molecule has 2 aromatic rings. The van der Waals surface area contributed by atoms with Crippen molar-refractivity contribution in [3.8, 4) is 11.5 Å². The zero-order valence-corrected chi connectivity index (χ0v) is 15.3. The molecule has 1 saturated heterocycles. The number of ether oxygens (including phenoxy) is 2. The summed E-state index contributed by atoms with van der Waals surface area (Å²) in [5.74, 6) is 1.18. The van der Waals surface area contributed by atoms with Crippen molar-refractivity contribution in [1.29, 1.82) is 0 Å². The lowest BCUT2D eigenvalue weighted by molar-refractivity contribution is -0.137. The van der Waals surface area contributed by atoms with E-state index in [9.17, 15) is 9.59 Å². The first-order valence-corrected chi connectivity index (χ1v) is 8.79. The van der Waals surface area contributed by atoms with Crippen molar-refractivity contribution in [3.63, 3.8) is 0 Å². The highest BCUT2D eigenvalue weighted by Gasteiger charge is 2.31. The van der Waals surface area contributed by atoms with Crippen molar-refractivity contribution in [2.75, 3.05) is 13.1 Å². The van der Waals surface area contributed by atoms with Gasteiger partial charge in [-0.05, 0) is 32.0 Å². The lowest BCUT2D eigenvalue weighted by atomic mass is 10.3. The fourth-order valence-electron chi connectivity index (χ4n) is 3.03. The normalized spacial score (nSPS) is 17.8. The van der Waals surface area contributed by atoms with Crippen molar-refractivity contribution in [3.05, 3.63) is 58.5 Å². The summed E-state index contributed by atoms with van der Waals surface area (Å²) in [7, 11) is 1.73. The van der Waals surface area contributed by atoms with Gasteiger partial charge in [0.2, 0.25) is 0 Å². The Labute approximate surface area is 153 Å². The molecule has 1 aromatic carbocycles. The highest BCUT2D eigenvalue weighted by Crippen LogP contribution is 2.20. The molecular formula is C20H24N2O4. The van der Waals surface area contributed by atoms with E-state index in [0.29, 0.717) is 24.6 Å². The third kappa shape index (κ3) is 4.07. The molecule has 26 heavy (non-hydrogen) atoms. The minimum Gasteiger partial charge on any atom is -0.488 e. The fourth-order valence-corrected chi connectivity index (χ4v) is 3.03. The second-order valence-corrected chi connectivity index (χ2v) is 6.62. The summed E-state index contributed by atoms with van der Waals surface area (Å²) >= 11 is 0. The molecule has 0 saturated carbocycles. The van der Waals surface area contributed by atoms with Gasteiger partial charge in [-0.15, -0.1) is 0 Å². The Morgan fingerprint density at radius 1 is 1.19 bits per heavy atom. The van der Waals surface area contributed by atoms with E-state index in [-0.39, 0.29) is 17.6 Å². The minimum atomic E-state index is -0.553. The van der Waals surface area contributed by atoms with Crippen LogP contribution in [0.5, 0.6) is 11.5 Å². The largest absolute Gasteiger partial charge is 0.488 e. The van der Waals surface area contributed by atoms with Crippen molar-refractivity contribution < 1.29 is 14.3 Å². The number of pyridine rings is 1. The van der Waals surface area contributed by atoms with Gasteiger partial charge in [-0.3, -0.25) is 9.59 Å². The fraction of sp³-hybridized carbons (Fsp3) is 0.400. The molecular weight excluding hydrogens is 332 g/mol. The van der Waals surface area contributed by atoms with Gasteiger partial charge in [0.1, 0.15) is 17.6 Å². The van der Waals surface area contributed by atoms with Gasteiger partial charge in [0, 0.05) is 31.8 Å². The number of likely N-dealkylation sites (tertiary alicyclic amines) is 1. The Kier molecular flexibility index (Phi) is 5.30. The Morgan fingerprint density at radius 3 is 2.62 bits per heavy atom. The molecule has 3 rings (SSSR count). The second kappa shape index (κ2) is 7.64. The number of para-hydroxylation sites is 1. The average Bonchev–Trinajstić information content (AvgIpc) is 3.08. The van der Waals surface area contributed by atoms with Crippen LogP contribution in [-0.4, -0.2) is 40.7 Å². The number of carbonyl (C=O) groups excluding carboxylic acids is 1. The summed E-state index contributed by atoms with van der Waals surface area (Å²) < 4.78 is 13.2. The number of nitrogens with zero attached hydrogens (tertiary/aromatic N) is 2. The number of benzene rings is 1. The first-order chi connectivity index (χ1) is 12.4. The number of rotatable bonds is 5. The van der Waals surface area contributed by atoms with Crippen LogP contribution in [0.3, 0.4) is 0 Å². The molecule has 1 fully saturated rings. The number of carbonyl (C=O) groups is 1. The number of hydrogen-bond donors (Lipinski definition) is 0. The van der Waals surface area contributed by atoms with Gasteiger partial charge in [0.25, 0.3) is 11.5 Å². The van der Waals surface area contributed by atoms with Gasteiger partial charge in [0.15, 0.2) is 6.10 Å². The van der Waals surface area contributed by atoms with E-state index < -0.39 is 6.10 Å². The van der Waals surface area contributed by atoms with E-state index in [0.717, 1.165) is 12.1 Å². The molecule has 138 valence electrons. The third-order valence-electron chi connectivity index (χ3n) is 4.64. The van der Waals surface area contributed by atoms with Gasteiger partial charge < -0.3 is 18.9 Å². The zero-order valence-electron chi connectivity index (χ0n) is 15.3. The predicted octanol–water partition coefficient (Wildman–Crippen LogP) is 2.14. The molecule has 6 heteroatoms. The number of aromatic nitrogens is 1. The molecule has 0 spiro atoms. The van der Waals surface area contributed by atoms with Crippen LogP contribution in [0, 0.1) is 6.92 Å². The molecule has 1 amide bonds. The standard InChI is InChI=1S/C20H24N2O4/c1-14-11-18(12-19(23)21(14)3)26-17-9-10-22(13-17)20(24)15(2)25-16-7-5-4-6-8-16/h4-8,11-12,15,17H,9-10,13H2,1-3H3. The molecule has 0 aliphatic carbocycles. The second-order valence-electron chi connectivity index (χ2n) is 6.62. The van der Waals surface area contributed by atoms with Gasteiger partial charge in [-0.2, -0.15) is 0 Å². The zero-order chi connectivity index (χ0) is 18.7. The molecule has 6 nitrogen and oxygen atoms in total. The number of aryl methyl sites for hydroxylation is 1. The van der Waals surface area contributed by atoms with Crippen molar-refractivity contribution >= 4 is 5.91 Å². The van der Waals surface area contributed by atoms with Crippen LogP contribution in [0.1, 0.15) is 19.0 Å². The van der Waals surface area contributed by atoms with Crippen molar-refractivity contribution in [2.45, 2.75) is 32.5 Å². The SMILES string of the molecule is Cc1cc(OC2CCN(C(=O)C(C)Oc3ccccc3)C2)cc(=O)n1C. The van der Waals surface area contributed by atoms with Crippen molar-refractivity contribution in [2.24, 2.45) is 7.05 Å². The third-order valence-corrected chi connectivity index (χ3v) is 4.64. The molecule has 2 heterocycles. The van der Waals surface area contributed by atoms with E-state index in [1.807, 2.05) is 43.3 Å². The summed E-state index contributed by atoms with van der Waals surface area (Å²) in [6, 6.07) is 12.6. The van der Waals surface area contributed by atoms with Crippen LogP contribution < -0.4 is 15.0 Å². The van der Waals surface area contributed by atoms with Crippen LogP contribution >= 0.6 is 0 Å². The average molecular weight is 356 g/mol. The number of hydrogen-bond acceptors (Lipinski definition) is 4. The van der Waals surface area contributed by atoms with E-state index in [1.165, 1.54) is 6.07 Å². The van der Waals surface area contributed by atoms with Gasteiger partial charge in [-0.1, -0.05) is 18.2 Å². The Bertz CT molecular complexity index is 831. The molecule has 2 atom stereocenters.